The Kier molecular flexibility index (Phi) is 7.53. The van der Waals surface area contributed by atoms with Gasteiger partial charge in [-0.05, 0) is 32.1 Å². The van der Waals surface area contributed by atoms with Crippen molar-refractivity contribution < 1.29 is 9.59 Å². The van der Waals surface area contributed by atoms with Gasteiger partial charge >= 0.3 is 0 Å². The molecule has 1 saturated heterocycles. The number of hydrogen-bond donors (Lipinski definition) is 0. The number of nitrogens with zero attached hydrogens (tertiary/aromatic N) is 2. The summed E-state index contributed by atoms with van der Waals surface area (Å²) in [5.41, 5.74) is 0. The van der Waals surface area contributed by atoms with E-state index in [0.717, 1.165) is 45.3 Å². The molecule has 0 spiro atoms. The second kappa shape index (κ2) is 8.94. The van der Waals surface area contributed by atoms with E-state index in [-0.39, 0.29) is 5.91 Å². The van der Waals surface area contributed by atoms with Gasteiger partial charge in [0.15, 0.2) is 0 Å². The maximum absolute atomic E-state index is 11.9. The summed E-state index contributed by atoms with van der Waals surface area (Å²) in [5.74, 6) is 0.459. The minimum atomic E-state index is 0.125. The monoisotopic (exact) mass is 268 g/mol. The summed E-state index contributed by atoms with van der Waals surface area (Å²) >= 11 is 0. The highest BCUT2D eigenvalue weighted by molar-refractivity contribution is 5.76. The van der Waals surface area contributed by atoms with E-state index in [4.69, 9.17) is 0 Å². The first-order valence-electron chi connectivity index (χ1n) is 7.60. The molecule has 4 nitrogen and oxygen atoms in total. The van der Waals surface area contributed by atoms with Gasteiger partial charge in [-0.2, -0.15) is 0 Å². The molecule has 2 amide bonds. The summed E-state index contributed by atoms with van der Waals surface area (Å²) in [6.45, 7) is 4.34. The van der Waals surface area contributed by atoms with Gasteiger partial charge in [0, 0.05) is 40.0 Å². The van der Waals surface area contributed by atoms with Crippen LogP contribution in [-0.4, -0.2) is 48.3 Å². The fourth-order valence-corrected chi connectivity index (χ4v) is 2.44. The molecule has 1 fully saturated rings. The van der Waals surface area contributed by atoms with Crippen molar-refractivity contribution >= 4 is 11.8 Å². The lowest BCUT2D eigenvalue weighted by molar-refractivity contribution is -0.132. The van der Waals surface area contributed by atoms with Crippen LogP contribution in [0.5, 0.6) is 0 Å². The van der Waals surface area contributed by atoms with E-state index in [1.165, 1.54) is 19.3 Å². The molecule has 0 aliphatic carbocycles. The predicted molar refractivity (Wildman–Crippen MR) is 76.8 cm³/mol. The van der Waals surface area contributed by atoms with Crippen LogP contribution in [0.4, 0.5) is 0 Å². The highest BCUT2D eigenvalue weighted by Gasteiger charge is 2.15. The number of rotatable bonds is 7. The van der Waals surface area contributed by atoms with Crippen molar-refractivity contribution in [2.24, 2.45) is 0 Å². The van der Waals surface area contributed by atoms with Gasteiger partial charge in [-0.25, -0.2) is 0 Å². The van der Waals surface area contributed by atoms with Gasteiger partial charge in [0.1, 0.15) is 0 Å². The summed E-state index contributed by atoms with van der Waals surface area (Å²) < 4.78 is 0. The van der Waals surface area contributed by atoms with Crippen LogP contribution in [0, 0.1) is 0 Å². The lowest BCUT2D eigenvalue weighted by atomic mass is 10.1. The zero-order valence-corrected chi connectivity index (χ0v) is 12.5. The van der Waals surface area contributed by atoms with Gasteiger partial charge in [-0.1, -0.05) is 12.8 Å². The topological polar surface area (TPSA) is 40.6 Å². The molecule has 110 valence electrons. The predicted octanol–water partition coefficient (Wildman–Crippen LogP) is 2.43. The molecule has 0 aromatic heterocycles. The van der Waals surface area contributed by atoms with Crippen LogP contribution in [0.15, 0.2) is 0 Å². The van der Waals surface area contributed by atoms with Crippen LogP contribution < -0.4 is 0 Å². The molecule has 0 aromatic carbocycles. The Balaban J connectivity index is 1.98. The summed E-state index contributed by atoms with van der Waals surface area (Å²) in [6.07, 6.45) is 8.52. The van der Waals surface area contributed by atoms with Gasteiger partial charge in [0.2, 0.25) is 11.8 Å². The molecule has 0 aromatic rings. The molecule has 4 heteroatoms. The minimum absolute atomic E-state index is 0.125. The van der Waals surface area contributed by atoms with Crippen molar-refractivity contribution in [3.63, 3.8) is 0 Å². The van der Waals surface area contributed by atoms with Gasteiger partial charge in [-0.3, -0.25) is 9.59 Å². The second-order valence-electron chi connectivity index (χ2n) is 5.55. The van der Waals surface area contributed by atoms with E-state index in [0.29, 0.717) is 12.3 Å². The number of hydrogen-bond acceptors (Lipinski definition) is 2. The van der Waals surface area contributed by atoms with Crippen LogP contribution in [0.1, 0.15) is 58.3 Å². The third kappa shape index (κ3) is 6.60. The largest absolute Gasteiger partial charge is 0.346 e. The summed E-state index contributed by atoms with van der Waals surface area (Å²) in [6, 6.07) is 0. The fraction of sp³-hybridized carbons (Fsp3) is 0.867. The van der Waals surface area contributed by atoms with E-state index in [1.807, 2.05) is 11.9 Å². The van der Waals surface area contributed by atoms with Crippen molar-refractivity contribution in [2.45, 2.75) is 58.3 Å². The average molecular weight is 268 g/mol. The maximum Gasteiger partial charge on any atom is 0.222 e. The molecule has 0 atom stereocenters. The van der Waals surface area contributed by atoms with Gasteiger partial charge in [0.25, 0.3) is 0 Å². The number of unbranched alkanes of at least 4 members (excludes halogenated alkanes) is 3. The summed E-state index contributed by atoms with van der Waals surface area (Å²) in [7, 11) is 1.84. The van der Waals surface area contributed by atoms with E-state index in [1.54, 1.807) is 11.8 Å². The number of likely N-dealkylation sites (tertiary alicyclic amines) is 1. The molecule has 0 saturated carbocycles. The average Bonchev–Trinajstić information content (AvgIpc) is 2.42. The first-order valence-corrected chi connectivity index (χ1v) is 7.60. The number of piperidine rings is 1. The third-order valence-corrected chi connectivity index (χ3v) is 3.88. The molecule has 19 heavy (non-hydrogen) atoms. The molecule has 0 bridgehead atoms. The molecule has 0 unspecified atom stereocenters. The Hall–Kier alpha value is -1.06. The normalized spacial score (nSPS) is 15.4. The SMILES string of the molecule is CC(=O)N(C)CCCCCCC(=O)N1CCCCC1. The van der Waals surface area contributed by atoms with E-state index < -0.39 is 0 Å². The van der Waals surface area contributed by atoms with Crippen molar-refractivity contribution in [2.75, 3.05) is 26.7 Å². The molecular formula is C15H28N2O2. The third-order valence-electron chi connectivity index (χ3n) is 3.88. The quantitative estimate of drug-likeness (QED) is 0.665. The Labute approximate surface area is 117 Å². The zero-order valence-electron chi connectivity index (χ0n) is 12.5. The smallest absolute Gasteiger partial charge is 0.222 e. The van der Waals surface area contributed by atoms with Crippen molar-refractivity contribution in [3.05, 3.63) is 0 Å². The Bertz CT molecular complexity index is 286. The van der Waals surface area contributed by atoms with Crippen LogP contribution in [0.2, 0.25) is 0 Å². The summed E-state index contributed by atoms with van der Waals surface area (Å²) in [5, 5.41) is 0. The number of carbonyl (C=O) groups excluding carboxylic acids is 2. The highest BCUT2D eigenvalue weighted by Crippen LogP contribution is 2.12. The van der Waals surface area contributed by atoms with Crippen LogP contribution in [0.25, 0.3) is 0 Å². The molecule has 1 aliphatic rings. The minimum Gasteiger partial charge on any atom is -0.346 e. The molecular weight excluding hydrogens is 240 g/mol. The Morgan fingerprint density at radius 3 is 2.26 bits per heavy atom. The zero-order chi connectivity index (χ0) is 14.1. The fourth-order valence-electron chi connectivity index (χ4n) is 2.44. The first-order chi connectivity index (χ1) is 9.11. The lowest BCUT2D eigenvalue weighted by Gasteiger charge is -2.26. The van der Waals surface area contributed by atoms with Crippen LogP contribution in [-0.2, 0) is 9.59 Å². The van der Waals surface area contributed by atoms with Crippen molar-refractivity contribution in [1.29, 1.82) is 0 Å². The molecule has 1 aliphatic heterocycles. The van der Waals surface area contributed by atoms with E-state index in [9.17, 15) is 9.59 Å². The van der Waals surface area contributed by atoms with Crippen molar-refractivity contribution in [1.82, 2.24) is 9.80 Å². The van der Waals surface area contributed by atoms with Gasteiger partial charge in [-0.15, -0.1) is 0 Å². The van der Waals surface area contributed by atoms with Crippen molar-refractivity contribution in [3.8, 4) is 0 Å². The lowest BCUT2D eigenvalue weighted by Crippen LogP contribution is -2.35. The van der Waals surface area contributed by atoms with E-state index >= 15 is 0 Å². The Morgan fingerprint density at radius 1 is 1.00 bits per heavy atom. The Morgan fingerprint density at radius 2 is 1.63 bits per heavy atom. The van der Waals surface area contributed by atoms with Gasteiger partial charge in [0.05, 0.1) is 0 Å². The first kappa shape index (κ1) is 16.0. The van der Waals surface area contributed by atoms with Crippen LogP contribution >= 0.6 is 0 Å². The van der Waals surface area contributed by atoms with Gasteiger partial charge < -0.3 is 9.80 Å². The van der Waals surface area contributed by atoms with Crippen LogP contribution in [0.3, 0.4) is 0 Å². The molecule has 0 N–H and O–H groups in total. The standard InChI is InChI=1S/C15H28N2O2/c1-14(18)16(2)11-7-4-3-6-10-15(19)17-12-8-5-9-13-17/h3-13H2,1-2H3. The second-order valence-corrected chi connectivity index (χ2v) is 5.55. The number of carbonyl (C=O) groups is 2. The summed E-state index contributed by atoms with van der Waals surface area (Å²) in [4.78, 5) is 26.7. The molecule has 1 heterocycles. The molecule has 0 radical (unpaired) electrons. The molecule has 1 rings (SSSR count). The maximum atomic E-state index is 11.9. The van der Waals surface area contributed by atoms with E-state index in [2.05, 4.69) is 0 Å². The number of amides is 2. The highest BCUT2D eigenvalue weighted by atomic mass is 16.2.